The van der Waals surface area contributed by atoms with E-state index in [2.05, 4.69) is 9.59 Å². The molecular weight excluding hydrogens is 278 g/mol. The molecule has 102 valence electrons. The molecule has 1 aliphatic heterocycles. The van der Waals surface area contributed by atoms with Crippen LogP contribution in [0.2, 0.25) is 0 Å². The van der Waals surface area contributed by atoms with Crippen molar-refractivity contribution < 1.29 is 14.7 Å². The summed E-state index contributed by atoms with van der Waals surface area (Å²) in [5.41, 5.74) is 1.66. The van der Waals surface area contributed by atoms with Gasteiger partial charge < -0.3 is 10.0 Å². The molecule has 1 aliphatic rings. The summed E-state index contributed by atoms with van der Waals surface area (Å²) in [6, 6.07) is 7.33. The van der Waals surface area contributed by atoms with E-state index in [-0.39, 0.29) is 12.5 Å². The van der Waals surface area contributed by atoms with Gasteiger partial charge in [0, 0.05) is 13.1 Å². The Morgan fingerprint density at radius 3 is 2.85 bits per heavy atom. The van der Waals surface area contributed by atoms with E-state index in [1.807, 2.05) is 24.3 Å². The van der Waals surface area contributed by atoms with E-state index in [9.17, 15) is 14.7 Å². The second kappa shape index (κ2) is 5.01. The lowest BCUT2D eigenvalue weighted by atomic mass is 9.90. The molecule has 2 heterocycles. The first-order valence-corrected chi connectivity index (χ1v) is 6.81. The second-order valence-corrected chi connectivity index (χ2v) is 5.34. The van der Waals surface area contributed by atoms with E-state index < -0.39 is 11.9 Å². The number of fused-ring (bicyclic) bond motifs is 1. The highest BCUT2D eigenvalue weighted by Gasteiger charge is 2.33. The van der Waals surface area contributed by atoms with E-state index in [1.54, 1.807) is 0 Å². The highest BCUT2D eigenvalue weighted by atomic mass is 32.1. The summed E-state index contributed by atoms with van der Waals surface area (Å²) < 4.78 is 3.66. The molecule has 7 heteroatoms. The Morgan fingerprint density at radius 2 is 2.15 bits per heavy atom. The summed E-state index contributed by atoms with van der Waals surface area (Å²) in [5.74, 6) is -1.83. The fourth-order valence-corrected chi connectivity index (χ4v) is 2.87. The van der Waals surface area contributed by atoms with E-state index in [1.165, 1.54) is 11.1 Å². The lowest BCUT2D eigenvalue weighted by Crippen LogP contribution is -2.40. The molecule has 1 atom stereocenters. The fraction of sp³-hybridized carbons (Fsp3) is 0.231. The van der Waals surface area contributed by atoms with Crippen LogP contribution in [0, 0.1) is 0 Å². The third kappa shape index (κ3) is 2.16. The van der Waals surface area contributed by atoms with E-state index >= 15 is 0 Å². The Hall–Kier alpha value is -2.28. The minimum atomic E-state index is -0.919. The van der Waals surface area contributed by atoms with Crippen LogP contribution in [0.5, 0.6) is 0 Å². The van der Waals surface area contributed by atoms with E-state index in [0.29, 0.717) is 11.4 Å². The van der Waals surface area contributed by atoms with Gasteiger partial charge in [-0.25, -0.2) is 0 Å². The molecule has 20 heavy (non-hydrogen) atoms. The topological polar surface area (TPSA) is 83.4 Å². The summed E-state index contributed by atoms with van der Waals surface area (Å²) in [4.78, 5) is 25.7. The van der Waals surface area contributed by atoms with Gasteiger partial charge in [0.15, 0.2) is 0 Å². The van der Waals surface area contributed by atoms with Crippen molar-refractivity contribution in [2.24, 2.45) is 0 Å². The normalized spacial score (nSPS) is 17.6. The van der Waals surface area contributed by atoms with Gasteiger partial charge in [-0.2, -0.15) is 0 Å². The van der Waals surface area contributed by atoms with Crippen molar-refractivity contribution in [2.45, 2.75) is 12.5 Å². The van der Waals surface area contributed by atoms with Gasteiger partial charge >= 0.3 is 5.97 Å². The van der Waals surface area contributed by atoms with Gasteiger partial charge in [0.1, 0.15) is 4.88 Å². The monoisotopic (exact) mass is 289 g/mol. The Kier molecular flexibility index (Phi) is 3.19. The molecule has 1 N–H and O–H groups in total. The number of rotatable bonds is 2. The van der Waals surface area contributed by atoms with Gasteiger partial charge in [-0.3, -0.25) is 9.59 Å². The zero-order valence-electron chi connectivity index (χ0n) is 10.4. The van der Waals surface area contributed by atoms with Crippen molar-refractivity contribution in [1.29, 1.82) is 0 Å². The number of hydrogen-bond donors (Lipinski definition) is 1. The van der Waals surface area contributed by atoms with Crippen LogP contribution < -0.4 is 0 Å². The number of hydrogen-bond acceptors (Lipinski definition) is 5. The number of carboxylic acid groups (broad SMARTS) is 1. The average Bonchev–Trinajstić information content (AvgIpc) is 2.99. The van der Waals surface area contributed by atoms with Crippen LogP contribution in [-0.2, 0) is 11.3 Å². The van der Waals surface area contributed by atoms with Crippen molar-refractivity contribution in [1.82, 2.24) is 14.5 Å². The number of carbonyl (C=O) groups is 2. The number of carbonyl (C=O) groups excluding carboxylic acids is 1. The predicted octanol–water partition coefficient (Wildman–Crippen LogP) is 1.36. The third-order valence-electron chi connectivity index (χ3n) is 3.35. The van der Waals surface area contributed by atoms with Crippen LogP contribution in [0.15, 0.2) is 30.5 Å². The van der Waals surface area contributed by atoms with Gasteiger partial charge in [0.2, 0.25) is 0 Å². The highest BCUT2D eigenvalue weighted by molar-refractivity contribution is 7.07. The zero-order valence-corrected chi connectivity index (χ0v) is 11.2. The smallest absolute Gasteiger partial charge is 0.312 e. The molecule has 0 bridgehead atoms. The van der Waals surface area contributed by atoms with Crippen molar-refractivity contribution in [3.63, 3.8) is 0 Å². The maximum absolute atomic E-state index is 12.3. The highest BCUT2D eigenvalue weighted by Crippen LogP contribution is 2.29. The first kappa shape index (κ1) is 12.7. The van der Waals surface area contributed by atoms with E-state index in [4.69, 9.17) is 0 Å². The third-order valence-corrected chi connectivity index (χ3v) is 4.00. The molecule has 0 fully saturated rings. The molecule has 1 aromatic heterocycles. The molecule has 2 aromatic rings. The van der Waals surface area contributed by atoms with Crippen LogP contribution in [-0.4, -0.2) is 38.0 Å². The quantitative estimate of drug-likeness (QED) is 0.902. The van der Waals surface area contributed by atoms with Crippen LogP contribution >= 0.6 is 11.5 Å². The maximum atomic E-state index is 12.3. The molecule has 0 radical (unpaired) electrons. The molecule has 1 unspecified atom stereocenters. The predicted molar refractivity (Wildman–Crippen MR) is 71.5 cm³/mol. The summed E-state index contributed by atoms with van der Waals surface area (Å²) >= 11 is 1.02. The Bertz CT molecular complexity index is 657. The molecule has 0 saturated carbocycles. The lowest BCUT2D eigenvalue weighted by molar-refractivity contribution is -0.139. The lowest BCUT2D eigenvalue weighted by Gasteiger charge is -2.32. The van der Waals surface area contributed by atoms with Gasteiger partial charge in [-0.15, -0.1) is 5.10 Å². The molecular formula is C13H11N3O3S. The molecule has 0 spiro atoms. The van der Waals surface area contributed by atoms with Crippen molar-refractivity contribution in [3.05, 3.63) is 46.5 Å². The number of amides is 1. The number of aromatic nitrogens is 2. The standard InChI is InChI=1S/C13H11N3O3S/c17-12(11-5-14-15-20-11)16-6-8-3-1-2-4-9(8)10(7-16)13(18)19/h1-5,10H,6-7H2,(H,18,19). The largest absolute Gasteiger partial charge is 0.481 e. The molecule has 0 aliphatic carbocycles. The Labute approximate surface area is 118 Å². The number of benzene rings is 1. The van der Waals surface area contributed by atoms with Gasteiger partial charge in [0.25, 0.3) is 5.91 Å². The maximum Gasteiger partial charge on any atom is 0.312 e. The van der Waals surface area contributed by atoms with Crippen LogP contribution in [0.4, 0.5) is 0 Å². The van der Waals surface area contributed by atoms with Crippen LogP contribution in [0.1, 0.15) is 26.7 Å². The summed E-state index contributed by atoms with van der Waals surface area (Å²) in [6.07, 6.45) is 1.41. The molecule has 3 rings (SSSR count). The summed E-state index contributed by atoms with van der Waals surface area (Å²) in [6.45, 7) is 0.583. The molecule has 1 amide bonds. The minimum Gasteiger partial charge on any atom is -0.481 e. The number of nitrogens with zero attached hydrogens (tertiary/aromatic N) is 3. The fourth-order valence-electron chi connectivity index (χ4n) is 2.39. The van der Waals surface area contributed by atoms with Crippen molar-refractivity contribution in [2.75, 3.05) is 6.54 Å². The Morgan fingerprint density at radius 1 is 1.35 bits per heavy atom. The molecule has 6 nitrogen and oxygen atoms in total. The van der Waals surface area contributed by atoms with E-state index in [0.717, 1.165) is 22.7 Å². The van der Waals surface area contributed by atoms with Crippen molar-refractivity contribution >= 4 is 23.4 Å². The SMILES string of the molecule is O=C(O)C1CN(C(=O)c2cnns2)Cc2ccccc21. The second-order valence-electron chi connectivity index (χ2n) is 4.56. The first-order valence-electron chi connectivity index (χ1n) is 6.04. The number of carboxylic acids is 1. The minimum absolute atomic E-state index is 0.170. The molecule has 0 saturated heterocycles. The van der Waals surface area contributed by atoms with Crippen LogP contribution in [0.3, 0.4) is 0 Å². The van der Waals surface area contributed by atoms with Gasteiger partial charge in [0.05, 0.1) is 12.1 Å². The Balaban J connectivity index is 1.94. The number of aliphatic carboxylic acids is 1. The summed E-state index contributed by atoms with van der Waals surface area (Å²) in [7, 11) is 0. The molecule has 1 aromatic carbocycles. The zero-order chi connectivity index (χ0) is 14.1. The van der Waals surface area contributed by atoms with Gasteiger partial charge in [-0.1, -0.05) is 28.8 Å². The van der Waals surface area contributed by atoms with Crippen molar-refractivity contribution in [3.8, 4) is 0 Å². The first-order chi connectivity index (χ1) is 9.66. The van der Waals surface area contributed by atoms with Crippen LogP contribution in [0.25, 0.3) is 0 Å². The summed E-state index contributed by atoms with van der Waals surface area (Å²) in [5, 5.41) is 13.0. The average molecular weight is 289 g/mol. The van der Waals surface area contributed by atoms with Gasteiger partial charge in [-0.05, 0) is 22.7 Å².